The van der Waals surface area contributed by atoms with Gasteiger partial charge in [-0.3, -0.25) is 0 Å². The van der Waals surface area contributed by atoms with Crippen LogP contribution >= 0.6 is 0 Å². The lowest BCUT2D eigenvalue weighted by molar-refractivity contribution is 0.367. The van der Waals surface area contributed by atoms with Gasteiger partial charge in [-0.15, -0.1) is 0 Å². The molecule has 3 rings (SSSR count). The average molecular weight is 304 g/mol. The predicted molar refractivity (Wildman–Crippen MR) is 78.2 cm³/mol. The number of hydrogen-bond donors (Lipinski definition) is 0. The van der Waals surface area contributed by atoms with Crippen molar-refractivity contribution in [2.75, 3.05) is 6.61 Å². The standard InChI is InChI=1S/C16H13FO3S/c1-11-4-2-7-15-12(10-21(18,19)16(11)15)9-20-14-6-3-5-13(17)8-14/h2-8,10H,9H2,1H3. The molecule has 3 nitrogen and oxygen atoms in total. The number of halogens is 1. The van der Waals surface area contributed by atoms with E-state index in [0.717, 1.165) is 0 Å². The first-order valence-electron chi connectivity index (χ1n) is 6.41. The van der Waals surface area contributed by atoms with Crippen molar-refractivity contribution in [3.63, 3.8) is 0 Å². The highest BCUT2D eigenvalue weighted by Crippen LogP contribution is 2.35. The normalized spacial score (nSPS) is 15.4. The van der Waals surface area contributed by atoms with E-state index in [0.29, 0.717) is 27.3 Å². The largest absolute Gasteiger partial charge is 0.489 e. The van der Waals surface area contributed by atoms with Crippen LogP contribution in [-0.2, 0) is 9.84 Å². The summed E-state index contributed by atoms with van der Waals surface area (Å²) < 4.78 is 42.9. The second-order valence-corrected chi connectivity index (χ2v) is 6.62. The SMILES string of the molecule is Cc1cccc2c1S(=O)(=O)C=C2COc1cccc(F)c1. The van der Waals surface area contributed by atoms with Crippen molar-refractivity contribution >= 4 is 15.4 Å². The zero-order valence-electron chi connectivity index (χ0n) is 11.3. The summed E-state index contributed by atoms with van der Waals surface area (Å²) in [6, 6.07) is 11.1. The Bertz CT molecular complexity index is 838. The van der Waals surface area contributed by atoms with Gasteiger partial charge in [-0.2, -0.15) is 0 Å². The second-order valence-electron chi connectivity index (χ2n) is 4.89. The van der Waals surface area contributed by atoms with Gasteiger partial charge < -0.3 is 4.74 Å². The van der Waals surface area contributed by atoms with E-state index in [-0.39, 0.29) is 6.61 Å². The Morgan fingerprint density at radius 2 is 1.90 bits per heavy atom. The Labute approximate surface area is 122 Å². The van der Waals surface area contributed by atoms with Gasteiger partial charge in [0.05, 0.1) is 4.90 Å². The van der Waals surface area contributed by atoms with Crippen LogP contribution in [0.5, 0.6) is 5.75 Å². The third-order valence-corrected chi connectivity index (χ3v) is 5.04. The molecule has 2 aromatic rings. The maximum Gasteiger partial charge on any atom is 0.201 e. The van der Waals surface area contributed by atoms with Crippen LogP contribution in [0.2, 0.25) is 0 Å². The van der Waals surface area contributed by atoms with Gasteiger partial charge in [0.2, 0.25) is 9.84 Å². The molecular weight excluding hydrogens is 291 g/mol. The predicted octanol–water partition coefficient (Wildman–Crippen LogP) is 3.34. The molecule has 0 N–H and O–H groups in total. The Kier molecular flexibility index (Phi) is 3.29. The summed E-state index contributed by atoms with van der Waals surface area (Å²) in [4.78, 5) is 0.336. The van der Waals surface area contributed by atoms with Gasteiger partial charge in [-0.05, 0) is 24.6 Å². The smallest absolute Gasteiger partial charge is 0.201 e. The first kappa shape index (κ1) is 13.8. The lowest BCUT2D eigenvalue weighted by Gasteiger charge is -2.08. The molecule has 0 aliphatic carbocycles. The van der Waals surface area contributed by atoms with Gasteiger partial charge in [0, 0.05) is 22.6 Å². The fourth-order valence-electron chi connectivity index (χ4n) is 2.42. The molecule has 0 saturated heterocycles. The number of ether oxygens (including phenoxy) is 1. The highest BCUT2D eigenvalue weighted by molar-refractivity contribution is 7.95. The number of sulfone groups is 1. The van der Waals surface area contributed by atoms with Gasteiger partial charge in [0.1, 0.15) is 18.2 Å². The van der Waals surface area contributed by atoms with Crippen molar-refractivity contribution < 1.29 is 17.5 Å². The molecule has 0 amide bonds. The van der Waals surface area contributed by atoms with Crippen LogP contribution in [0, 0.1) is 12.7 Å². The highest BCUT2D eigenvalue weighted by Gasteiger charge is 2.28. The average Bonchev–Trinajstić information content (AvgIpc) is 2.69. The first-order chi connectivity index (χ1) is 9.97. The first-order valence-corrected chi connectivity index (χ1v) is 7.96. The van der Waals surface area contributed by atoms with Crippen LogP contribution in [0.3, 0.4) is 0 Å². The lowest BCUT2D eigenvalue weighted by atomic mass is 10.1. The summed E-state index contributed by atoms with van der Waals surface area (Å²) in [7, 11) is -3.41. The molecule has 1 heterocycles. The number of benzene rings is 2. The van der Waals surface area contributed by atoms with Gasteiger partial charge in [-0.25, -0.2) is 12.8 Å². The van der Waals surface area contributed by atoms with Gasteiger partial charge in [0.25, 0.3) is 0 Å². The molecule has 0 aromatic heterocycles. The molecule has 0 spiro atoms. The molecule has 1 aliphatic rings. The maximum atomic E-state index is 13.1. The third-order valence-electron chi connectivity index (χ3n) is 3.33. The van der Waals surface area contributed by atoms with Gasteiger partial charge in [0.15, 0.2) is 0 Å². The van der Waals surface area contributed by atoms with E-state index in [2.05, 4.69) is 0 Å². The van der Waals surface area contributed by atoms with Crippen molar-refractivity contribution in [2.24, 2.45) is 0 Å². The zero-order valence-corrected chi connectivity index (χ0v) is 12.2. The van der Waals surface area contributed by atoms with Crippen LogP contribution in [0.25, 0.3) is 5.57 Å². The minimum atomic E-state index is -3.41. The summed E-state index contributed by atoms with van der Waals surface area (Å²) >= 11 is 0. The number of aryl methyl sites for hydroxylation is 1. The van der Waals surface area contributed by atoms with Crippen molar-refractivity contribution in [3.8, 4) is 5.75 Å². The van der Waals surface area contributed by atoms with Crippen molar-refractivity contribution in [3.05, 3.63) is 64.8 Å². The number of fused-ring (bicyclic) bond motifs is 1. The molecule has 0 radical (unpaired) electrons. The van der Waals surface area contributed by atoms with Gasteiger partial charge >= 0.3 is 0 Å². The van der Waals surface area contributed by atoms with Crippen LogP contribution in [0.1, 0.15) is 11.1 Å². The van der Waals surface area contributed by atoms with Crippen LogP contribution in [-0.4, -0.2) is 15.0 Å². The molecule has 1 aliphatic heterocycles. The molecule has 0 saturated carbocycles. The van der Waals surface area contributed by atoms with E-state index in [4.69, 9.17) is 4.74 Å². The number of rotatable bonds is 3. The van der Waals surface area contributed by atoms with E-state index in [9.17, 15) is 12.8 Å². The monoisotopic (exact) mass is 304 g/mol. The van der Waals surface area contributed by atoms with Crippen molar-refractivity contribution in [1.82, 2.24) is 0 Å². The molecule has 2 aromatic carbocycles. The molecule has 21 heavy (non-hydrogen) atoms. The Morgan fingerprint density at radius 3 is 2.67 bits per heavy atom. The second kappa shape index (κ2) is 5.00. The maximum absolute atomic E-state index is 13.1. The Balaban J connectivity index is 1.90. The third kappa shape index (κ3) is 2.56. The van der Waals surface area contributed by atoms with Gasteiger partial charge in [-0.1, -0.05) is 24.3 Å². The number of hydrogen-bond acceptors (Lipinski definition) is 3. The zero-order chi connectivity index (χ0) is 15.0. The minimum absolute atomic E-state index is 0.0825. The van der Waals surface area contributed by atoms with E-state index >= 15 is 0 Å². The molecular formula is C16H13FO3S. The molecule has 108 valence electrons. The lowest BCUT2D eigenvalue weighted by Crippen LogP contribution is -2.00. The summed E-state index contributed by atoms with van der Waals surface area (Å²) in [5, 5.41) is 1.23. The summed E-state index contributed by atoms with van der Waals surface area (Å²) in [5.74, 6) is -0.0221. The van der Waals surface area contributed by atoms with E-state index in [1.807, 2.05) is 6.07 Å². The minimum Gasteiger partial charge on any atom is -0.489 e. The Morgan fingerprint density at radius 1 is 1.14 bits per heavy atom. The van der Waals surface area contributed by atoms with Crippen molar-refractivity contribution in [1.29, 1.82) is 0 Å². The molecule has 5 heteroatoms. The summed E-state index contributed by atoms with van der Waals surface area (Å²) in [6.45, 7) is 1.85. The fraction of sp³-hybridized carbons (Fsp3) is 0.125. The molecule has 0 bridgehead atoms. The summed E-state index contributed by atoms with van der Waals surface area (Å²) in [6.07, 6.45) is 0. The van der Waals surface area contributed by atoms with Crippen LogP contribution in [0.4, 0.5) is 4.39 Å². The summed E-state index contributed by atoms with van der Waals surface area (Å²) in [5.41, 5.74) is 1.95. The molecule has 0 atom stereocenters. The van der Waals surface area contributed by atoms with E-state index in [1.165, 1.54) is 17.5 Å². The topological polar surface area (TPSA) is 43.4 Å². The quantitative estimate of drug-likeness (QED) is 0.873. The van der Waals surface area contributed by atoms with E-state index < -0.39 is 15.7 Å². The molecule has 0 unspecified atom stereocenters. The van der Waals surface area contributed by atoms with Crippen LogP contribution < -0.4 is 4.74 Å². The van der Waals surface area contributed by atoms with E-state index in [1.54, 1.807) is 31.2 Å². The van der Waals surface area contributed by atoms with Crippen molar-refractivity contribution in [2.45, 2.75) is 11.8 Å². The Hall–Kier alpha value is -2.14. The fourth-order valence-corrected chi connectivity index (χ4v) is 4.13. The molecule has 0 fully saturated rings. The highest BCUT2D eigenvalue weighted by atomic mass is 32.2. The van der Waals surface area contributed by atoms with Crippen LogP contribution in [0.15, 0.2) is 52.8 Å².